The smallest absolute Gasteiger partial charge is 0.243 e. The molecule has 0 aromatic rings. The van der Waals surface area contributed by atoms with Gasteiger partial charge in [-0.2, -0.15) is 0 Å². The number of carbonyl (C=O) groups excluding carboxylic acids is 3. The SMILES string of the molecule is CC(C)N(C(=O)CN1C(=O)[C@H]2CC=CC[C@@H]2C1=O)C(C)C. The maximum atomic E-state index is 12.4. The molecule has 1 aliphatic heterocycles. The third-order valence-electron chi connectivity index (χ3n) is 4.29. The summed E-state index contributed by atoms with van der Waals surface area (Å²) < 4.78 is 0. The summed E-state index contributed by atoms with van der Waals surface area (Å²) in [6, 6.07) is 0.100. The number of imide groups is 1. The summed E-state index contributed by atoms with van der Waals surface area (Å²) in [7, 11) is 0. The van der Waals surface area contributed by atoms with Crippen LogP contribution in [0.15, 0.2) is 12.2 Å². The molecular weight excluding hydrogens is 268 g/mol. The molecular formula is C16H24N2O3. The lowest BCUT2D eigenvalue weighted by Gasteiger charge is -2.32. The van der Waals surface area contributed by atoms with Crippen LogP contribution in [-0.4, -0.2) is 46.1 Å². The van der Waals surface area contributed by atoms with Gasteiger partial charge in [-0.15, -0.1) is 0 Å². The monoisotopic (exact) mass is 292 g/mol. The summed E-state index contributed by atoms with van der Waals surface area (Å²) in [5.41, 5.74) is 0. The fourth-order valence-electron chi connectivity index (χ4n) is 3.41. The number of hydrogen-bond acceptors (Lipinski definition) is 3. The molecule has 0 unspecified atom stereocenters. The number of fused-ring (bicyclic) bond motifs is 1. The van der Waals surface area contributed by atoms with Crippen LogP contribution in [0, 0.1) is 11.8 Å². The number of rotatable bonds is 4. The third-order valence-corrected chi connectivity index (χ3v) is 4.29. The van der Waals surface area contributed by atoms with Crippen molar-refractivity contribution in [2.24, 2.45) is 11.8 Å². The van der Waals surface area contributed by atoms with E-state index in [2.05, 4.69) is 0 Å². The molecule has 5 heteroatoms. The number of allylic oxidation sites excluding steroid dienone is 2. The van der Waals surface area contributed by atoms with Crippen molar-refractivity contribution in [2.75, 3.05) is 6.54 Å². The molecule has 0 aromatic carbocycles. The zero-order valence-corrected chi connectivity index (χ0v) is 13.2. The quantitative estimate of drug-likeness (QED) is 0.584. The molecule has 2 rings (SSSR count). The predicted octanol–water partition coefficient (Wildman–Crippen LogP) is 1.58. The van der Waals surface area contributed by atoms with Crippen molar-refractivity contribution < 1.29 is 14.4 Å². The van der Waals surface area contributed by atoms with Gasteiger partial charge in [0.05, 0.1) is 11.8 Å². The number of likely N-dealkylation sites (tertiary alicyclic amines) is 1. The first-order valence-corrected chi connectivity index (χ1v) is 7.66. The second kappa shape index (κ2) is 6.00. The summed E-state index contributed by atoms with van der Waals surface area (Å²) in [5.74, 6) is -1.05. The van der Waals surface area contributed by atoms with E-state index in [-0.39, 0.29) is 48.2 Å². The van der Waals surface area contributed by atoms with Crippen LogP contribution in [-0.2, 0) is 14.4 Å². The van der Waals surface area contributed by atoms with E-state index in [4.69, 9.17) is 0 Å². The van der Waals surface area contributed by atoms with Gasteiger partial charge in [-0.05, 0) is 40.5 Å². The van der Waals surface area contributed by atoms with E-state index in [1.165, 1.54) is 4.90 Å². The predicted molar refractivity (Wildman–Crippen MR) is 79.2 cm³/mol. The molecule has 1 fully saturated rings. The van der Waals surface area contributed by atoms with E-state index in [0.29, 0.717) is 12.8 Å². The zero-order valence-electron chi connectivity index (χ0n) is 13.2. The molecule has 0 aromatic heterocycles. The van der Waals surface area contributed by atoms with Gasteiger partial charge in [0.2, 0.25) is 17.7 Å². The van der Waals surface area contributed by atoms with E-state index < -0.39 is 0 Å². The van der Waals surface area contributed by atoms with Crippen LogP contribution in [0.2, 0.25) is 0 Å². The van der Waals surface area contributed by atoms with Gasteiger partial charge in [0.1, 0.15) is 6.54 Å². The fourth-order valence-corrected chi connectivity index (χ4v) is 3.41. The van der Waals surface area contributed by atoms with Gasteiger partial charge < -0.3 is 4.90 Å². The lowest BCUT2D eigenvalue weighted by molar-refractivity contribution is -0.148. The summed E-state index contributed by atoms with van der Waals surface area (Å²) in [6.07, 6.45) is 5.12. The topological polar surface area (TPSA) is 57.7 Å². The van der Waals surface area contributed by atoms with E-state index in [1.54, 1.807) is 4.90 Å². The molecule has 0 bridgehead atoms. The minimum Gasteiger partial charge on any atom is -0.336 e. The lowest BCUT2D eigenvalue weighted by Crippen LogP contribution is -2.48. The maximum absolute atomic E-state index is 12.4. The van der Waals surface area contributed by atoms with E-state index in [9.17, 15) is 14.4 Å². The van der Waals surface area contributed by atoms with Gasteiger partial charge in [0, 0.05) is 12.1 Å². The number of nitrogens with zero attached hydrogens (tertiary/aromatic N) is 2. The molecule has 1 aliphatic carbocycles. The molecule has 21 heavy (non-hydrogen) atoms. The Hall–Kier alpha value is -1.65. The van der Waals surface area contributed by atoms with E-state index in [1.807, 2.05) is 39.8 Å². The van der Waals surface area contributed by atoms with Gasteiger partial charge >= 0.3 is 0 Å². The lowest BCUT2D eigenvalue weighted by atomic mass is 9.85. The van der Waals surface area contributed by atoms with Crippen LogP contribution < -0.4 is 0 Å². The summed E-state index contributed by atoms with van der Waals surface area (Å²) in [4.78, 5) is 40.0. The standard InChI is InChI=1S/C16H24N2O3/c1-10(2)18(11(3)4)14(19)9-17-15(20)12-7-5-6-8-13(12)16(17)21/h5-6,10-13H,7-9H2,1-4H3/t12-,13-/m0/s1. The van der Waals surface area contributed by atoms with E-state index in [0.717, 1.165) is 0 Å². The normalized spacial score (nSPS) is 25.0. The second-order valence-corrected chi connectivity index (χ2v) is 6.41. The fraction of sp³-hybridized carbons (Fsp3) is 0.688. The first kappa shape index (κ1) is 15.7. The average Bonchev–Trinajstić information content (AvgIpc) is 2.64. The van der Waals surface area contributed by atoms with Crippen LogP contribution >= 0.6 is 0 Å². The largest absolute Gasteiger partial charge is 0.336 e. The molecule has 5 nitrogen and oxygen atoms in total. The molecule has 2 atom stereocenters. The Morgan fingerprint density at radius 2 is 1.52 bits per heavy atom. The molecule has 3 amide bonds. The van der Waals surface area contributed by atoms with Crippen molar-refractivity contribution in [3.63, 3.8) is 0 Å². The molecule has 2 aliphatic rings. The second-order valence-electron chi connectivity index (χ2n) is 6.41. The van der Waals surface area contributed by atoms with Crippen molar-refractivity contribution >= 4 is 17.7 Å². The Morgan fingerprint density at radius 3 is 1.90 bits per heavy atom. The Labute approximate surface area is 126 Å². The van der Waals surface area contributed by atoms with Crippen LogP contribution in [0.25, 0.3) is 0 Å². The van der Waals surface area contributed by atoms with Gasteiger partial charge in [0.25, 0.3) is 0 Å². The van der Waals surface area contributed by atoms with Crippen LogP contribution in [0.3, 0.4) is 0 Å². The maximum Gasteiger partial charge on any atom is 0.243 e. The summed E-state index contributed by atoms with van der Waals surface area (Å²) in [6.45, 7) is 7.63. The minimum absolute atomic E-state index is 0.0502. The highest BCUT2D eigenvalue weighted by Crippen LogP contribution is 2.34. The molecule has 0 saturated carbocycles. The Kier molecular flexibility index (Phi) is 4.49. The first-order chi connectivity index (χ1) is 9.84. The molecule has 1 saturated heterocycles. The van der Waals surface area contributed by atoms with Gasteiger partial charge in [0.15, 0.2) is 0 Å². The van der Waals surface area contributed by atoms with Gasteiger partial charge in [-0.3, -0.25) is 19.3 Å². The number of carbonyl (C=O) groups is 3. The molecule has 0 N–H and O–H groups in total. The molecule has 0 spiro atoms. The number of amides is 3. The summed E-state index contributed by atoms with van der Waals surface area (Å²) >= 11 is 0. The molecule has 0 radical (unpaired) electrons. The Bertz CT molecular complexity index is 448. The highest BCUT2D eigenvalue weighted by molar-refractivity contribution is 6.07. The Balaban J connectivity index is 2.11. The highest BCUT2D eigenvalue weighted by Gasteiger charge is 2.48. The van der Waals surface area contributed by atoms with Gasteiger partial charge in [-0.25, -0.2) is 0 Å². The van der Waals surface area contributed by atoms with Crippen molar-refractivity contribution in [1.82, 2.24) is 9.80 Å². The number of hydrogen-bond donors (Lipinski definition) is 0. The third kappa shape index (κ3) is 2.87. The first-order valence-electron chi connectivity index (χ1n) is 7.66. The van der Waals surface area contributed by atoms with Crippen molar-refractivity contribution in [1.29, 1.82) is 0 Å². The van der Waals surface area contributed by atoms with Gasteiger partial charge in [-0.1, -0.05) is 12.2 Å². The Morgan fingerprint density at radius 1 is 1.10 bits per heavy atom. The average molecular weight is 292 g/mol. The molecule has 1 heterocycles. The van der Waals surface area contributed by atoms with Crippen molar-refractivity contribution in [3.05, 3.63) is 12.2 Å². The van der Waals surface area contributed by atoms with Crippen molar-refractivity contribution in [2.45, 2.75) is 52.6 Å². The highest BCUT2D eigenvalue weighted by atomic mass is 16.2. The van der Waals surface area contributed by atoms with E-state index >= 15 is 0 Å². The van der Waals surface area contributed by atoms with Crippen LogP contribution in [0.4, 0.5) is 0 Å². The molecule has 116 valence electrons. The minimum atomic E-state index is -0.262. The van der Waals surface area contributed by atoms with Crippen LogP contribution in [0.5, 0.6) is 0 Å². The van der Waals surface area contributed by atoms with Crippen molar-refractivity contribution in [3.8, 4) is 0 Å². The summed E-state index contributed by atoms with van der Waals surface area (Å²) in [5, 5.41) is 0. The zero-order chi connectivity index (χ0) is 15.7. The van der Waals surface area contributed by atoms with Crippen LogP contribution in [0.1, 0.15) is 40.5 Å².